The van der Waals surface area contributed by atoms with E-state index in [1.54, 1.807) is 0 Å². The molecule has 4 nitrogen and oxygen atoms in total. The number of rotatable bonds is 8. The highest BCUT2D eigenvalue weighted by atomic mass is 16.1. The third-order valence-corrected chi connectivity index (χ3v) is 3.70. The second-order valence-electron chi connectivity index (χ2n) is 5.39. The van der Waals surface area contributed by atoms with Crippen LogP contribution in [-0.2, 0) is 4.79 Å². The van der Waals surface area contributed by atoms with Gasteiger partial charge in [-0.1, -0.05) is 13.8 Å². The van der Waals surface area contributed by atoms with E-state index in [9.17, 15) is 4.79 Å². The van der Waals surface area contributed by atoms with Crippen LogP contribution in [0, 0.1) is 11.8 Å². The van der Waals surface area contributed by atoms with Crippen LogP contribution in [0.2, 0.25) is 0 Å². The van der Waals surface area contributed by atoms with Gasteiger partial charge in [-0.05, 0) is 50.7 Å². The van der Waals surface area contributed by atoms with E-state index in [-0.39, 0.29) is 5.91 Å². The van der Waals surface area contributed by atoms with Gasteiger partial charge in [-0.3, -0.25) is 4.79 Å². The van der Waals surface area contributed by atoms with E-state index >= 15 is 0 Å². The third kappa shape index (κ3) is 6.36. The molecule has 0 saturated carbocycles. The molecule has 0 aromatic carbocycles. The van der Waals surface area contributed by atoms with Gasteiger partial charge in [0.1, 0.15) is 0 Å². The van der Waals surface area contributed by atoms with Crippen molar-refractivity contribution >= 4 is 5.91 Å². The minimum Gasteiger partial charge on any atom is -0.355 e. The summed E-state index contributed by atoms with van der Waals surface area (Å²) in [5, 5.41) is 9.69. The summed E-state index contributed by atoms with van der Waals surface area (Å²) in [6, 6.07) is 0. The number of carbonyl (C=O) groups excluding carboxylic acids is 1. The molecule has 0 aromatic heterocycles. The van der Waals surface area contributed by atoms with Crippen molar-refractivity contribution in [2.45, 2.75) is 39.5 Å². The number of carbonyl (C=O) groups is 1. The van der Waals surface area contributed by atoms with E-state index in [1.165, 1.54) is 12.8 Å². The highest BCUT2D eigenvalue weighted by Gasteiger charge is 2.21. The van der Waals surface area contributed by atoms with Crippen LogP contribution in [-0.4, -0.2) is 38.6 Å². The molecule has 0 bridgehead atoms. The van der Waals surface area contributed by atoms with E-state index in [0.29, 0.717) is 18.3 Å². The molecule has 106 valence electrons. The fourth-order valence-electron chi connectivity index (χ4n) is 2.49. The molecule has 1 amide bonds. The molecule has 0 aromatic rings. The molecule has 18 heavy (non-hydrogen) atoms. The van der Waals surface area contributed by atoms with Gasteiger partial charge in [0.25, 0.3) is 0 Å². The van der Waals surface area contributed by atoms with E-state index in [4.69, 9.17) is 0 Å². The van der Waals surface area contributed by atoms with E-state index in [2.05, 4.69) is 29.8 Å². The molecule has 1 fully saturated rings. The van der Waals surface area contributed by atoms with Gasteiger partial charge >= 0.3 is 0 Å². The monoisotopic (exact) mass is 255 g/mol. The smallest absolute Gasteiger partial charge is 0.220 e. The summed E-state index contributed by atoms with van der Waals surface area (Å²) < 4.78 is 0. The largest absolute Gasteiger partial charge is 0.355 e. The van der Waals surface area contributed by atoms with Crippen molar-refractivity contribution in [3.8, 4) is 0 Å². The lowest BCUT2D eigenvalue weighted by Gasteiger charge is -2.28. The summed E-state index contributed by atoms with van der Waals surface area (Å²) in [6.45, 7) is 9.20. The molecule has 1 saturated heterocycles. The van der Waals surface area contributed by atoms with Crippen LogP contribution in [0.4, 0.5) is 0 Å². The summed E-state index contributed by atoms with van der Waals surface area (Å²) in [4.78, 5) is 11.8. The van der Waals surface area contributed by atoms with Gasteiger partial charge in [-0.15, -0.1) is 0 Å². The fourth-order valence-corrected chi connectivity index (χ4v) is 2.49. The lowest BCUT2D eigenvalue weighted by atomic mass is 9.85. The molecule has 1 heterocycles. The van der Waals surface area contributed by atoms with Gasteiger partial charge in [0.05, 0.1) is 0 Å². The van der Waals surface area contributed by atoms with Gasteiger partial charge in [-0.2, -0.15) is 0 Å². The van der Waals surface area contributed by atoms with Crippen molar-refractivity contribution in [1.29, 1.82) is 0 Å². The lowest BCUT2D eigenvalue weighted by molar-refractivity contribution is -0.122. The van der Waals surface area contributed by atoms with Gasteiger partial charge in [0.2, 0.25) is 5.91 Å². The Labute approximate surface area is 111 Å². The van der Waals surface area contributed by atoms with E-state index < -0.39 is 0 Å². The summed E-state index contributed by atoms with van der Waals surface area (Å²) in [7, 11) is 0. The van der Waals surface area contributed by atoms with Gasteiger partial charge < -0.3 is 16.0 Å². The zero-order valence-corrected chi connectivity index (χ0v) is 11.9. The van der Waals surface area contributed by atoms with Crippen molar-refractivity contribution < 1.29 is 4.79 Å². The van der Waals surface area contributed by atoms with Crippen LogP contribution in [0.15, 0.2) is 0 Å². The Bertz CT molecular complexity index is 227. The van der Waals surface area contributed by atoms with Gasteiger partial charge in [0, 0.05) is 19.5 Å². The Balaban J connectivity index is 2.07. The zero-order chi connectivity index (χ0) is 13.2. The Hall–Kier alpha value is -0.610. The van der Waals surface area contributed by atoms with E-state index in [1.807, 2.05) is 0 Å². The quantitative estimate of drug-likeness (QED) is 0.570. The number of nitrogens with one attached hydrogen (secondary N) is 3. The Morgan fingerprint density at radius 3 is 2.89 bits per heavy atom. The third-order valence-electron chi connectivity index (χ3n) is 3.70. The average Bonchev–Trinajstić information content (AvgIpc) is 2.39. The zero-order valence-electron chi connectivity index (χ0n) is 11.9. The van der Waals surface area contributed by atoms with Gasteiger partial charge in [0.15, 0.2) is 0 Å². The maximum atomic E-state index is 11.8. The topological polar surface area (TPSA) is 53.2 Å². The SMILES string of the molecule is CCCNCCNC(=O)CC(C)C1CCCNC1. The van der Waals surface area contributed by atoms with Crippen molar-refractivity contribution in [3.05, 3.63) is 0 Å². The minimum absolute atomic E-state index is 0.200. The summed E-state index contributed by atoms with van der Waals surface area (Å²) >= 11 is 0. The second kappa shape index (κ2) is 9.34. The number of hydrogen-bond donors (Lipinski definition) is 3. The second-order valence-corrected chi connectivity index (χ2v) is 5.39. The average molecular weight is 255 g/mol. The predicted molar refractivity (Wildman–Crippen MR) is 75.5 cm³/mol. The number of piperidine rings is 1. The Morgan fingerprint density at radius 1 is 1.39 bits per heavy atom. The summed E-state index contributed by atoms with van der Waals surface area (Å²) in [5.41, 5.74) is 0. The minimum atomic E-state index is 0.200. The summed E-state index contributed by atoms with van der Waals surface area (Å²) in [6.07, 6.45) is 4.32. The molecule has 3 N–H and O–H groups in total. The van der Waals surface area contributed by atoms with Crippen molar-refractivity contribution in [1.82, 2.24) is 16.0 Å². The van der Waals surface area contributed by atoms with Crippen molar-refractivity contribution in [2.75, 3.05) is 32.7 Å². The molecule has 2 unspecified atom stereocenters. The molecule has 1 aliphatic heterocycles. The molecule has 0 radical (unpaired) electrons. The maximum absolute atomic E-state index is 11.8. The first kappa shape index (κ1) is 15.4. The first-order valence-electron chi connectivity index (χ1n) is 7.42. The number of amides is 1. The fraction of sp³-hybridized carbons (Fsp3) is 0.929. The maximum Gasteiger partial charge on any atom is 0.220 e. The molecule has 1 rings (SSSR count). The Morgan fingerprint density at radius 2 is 2.22 bits per heavy atom. The van der Waals surface area contributed by atoms with Gasteiger partial charge in [-0.25, -0.2) is 0 Å². The summed E-state index contributed by atoms with van der Waals surface area (Å²) in [5.74, 6) is 1.36. The molecule has 2 atom stereocenters. The van der Waals surface area contributed by atoms with Crippen molar-refractivity contribution in [2.24, 2.45) is 11.8 Å². The van der Waals surface area contributed by atoms with Crippen LogP contribution in [0.5, 0.6) is 0 Å². The van der Waals surface area contributed by atoms with Crippen LogP contribution in [0.25, 0.3) is 0 Å². The molecule has 4 heteroatoms. The highest BCUT2D eigenvalue weighted by molar-refractivity contribution is 5.76. The Kier molecular flexibility index (Phi) is 8.01. The molecule has 1 aliphatic rings. The standard InChI is InChI=1S/C14H29N3O/c1-3-6-15-8-9-17-14(18)10-12(2)13-5-4-7-16-11-13/h12-13,15-16H,3-11H2,1-2H3,(H,17,18). The van der Waals surface area contributed by atoms with Crippen LogP contribution >= 0.6 is 0 Å². The first-order chi connectivity index (χ1) is 8.74. The molecular formula is C14H29N3O. The van der Waals surface area contributed by atoms with Crippen LogP contribution in [0.3, 0.4) is 0 Å². The first-order valence-corrected chi connectivity index (χ1v) is 7.42. The van der Waals surface area contributed by atoms with Crippen LogP contribution < -0.4 is 16.0 Å². The van der Waals surface area contributed by atoms with Crippen LogP contribution in [0.1, 0.15) is 39.5 Å². The molecular weight excluding hydrogens is 226 g/mol. The molecule has 0 aliphatic carbocycles. The van der Waals surface area contributed by atoms with E-state index in [0.717, 1.165) is 39.1 Å². The number of hydrogen-bond acceptors (Lipinski definition) is 3. The normalized spacial score (nSPS) is 21.6. The molecule has 0 spiro atoms. The lowest BCUT2D eigenvalue weighted by Crippen LogP contribution is -2.37. The highest BCUT2D eigenvalue weighted by Crippen LogP contribution is 2.22. The predicted octanol–water partition coefficient (Wildman–Crippen LogP) is 1.13. The van der Waals surface area contributed by atoms with Crippen molar-refractivity contribution in [3.63, 3.8) is 0 Å².